The van der Waals surface area contributed by atoms with Crippen LogP contribution in [-0.2, 0) is 16.0 Å². The number of nitrogens with zero attached hydrogens (tertiary/aromatic N) is 1. The zero-order valence-electron chi connectivity index (χ0n) is 8.76. The van der Waals surface area contributed by atoms with Crippen molar-refractivity contribution in [2.45, 2.75) is 19.8 Å². The van der Waals surface area contributed by atoms with Gasteiger partial charge in [0.05, 0.1) is 31.0 Å². The van der Waals surface area contributed by atoms with Gasteiger partial charge in [-0.2, -0.15) is 0 Å². The molecular formula is C10H10F3NO2. The molecule has 0 aliphatic rings. The molecule has 0 fully saturated rings. The van der Waals surface area contributed by atoms with Crippen LogP contribution < -0.4 is 0 Å². The zero-order chi connectivity index (χ0) is 12.3. The van der Waals surface area contributed by atoms with Crippen LogP contribution >= 0.6 is 0 Å². The molecule has 3 nitrogen and oxygen atoms in total. The first kappa shape index (κ1) is 12.5. The minimum Gasteiger partial charge on any atom is -0.469 e. The fourth-order valence-corrected chi connectivity index (χ4v) is 1.29. The molecule has 0 spiro atoms. The van der Waals surface area contributed by atoms with Crippen molar-refractivity contribution in [2.24, 2.45) is 0 Å². The largest absolute Gasteiger partial charge is 0.469 e. The number of pyridine rings is 1. The Morgan fingerprint density at radius 3 is 2.69 bits per heavy atom. The second-order valence-corrected chi connectivity index (χ2v) is 3.15. The summed E-state index contributed by atoms with van der Waals surface area (Å²) in [4.78, 5) is 14.6. The van der Waals surface area contributed by atoms with Gasteiger partial charge in [0.2, 0.25) is 0 Å². The molecule has 0 saturated carbocycles. The van der Waals surface area contributed by atoms with Crippen LogP contribution in [0.3, 0.4) is 0 Å². The Labute approximate surface area is 90.2 Å². The first-order valence-electron chi connectivity index (χ1n) is 4.46. The average Bonchev–Trinajstić information content (AvgIpc) is 2.21. The highest BCUT2D eigenvalue weighted by molar-refractivity contribution is 5.72. The summed E-state index contributed by atoms with van der Waals surface area (Å²) >= 11 is 0. The molecule has 88 valence electrons. The summed E-state index contributed by atoms with van der Waals surface area (Å²) < 4.78 is 42.4. The van der Waals surface area contributed by atoms with Gasteiger partial charge in [0.1, 0.15) is 0 Å². The third-order valence-corrected chi connectivity index (χ3v) is 2.19. The van der Waals surface area contributed by atoms with Gasteiger partial charge in [-0.1, -0.05) is 0 Å². The van der Waals surface area contributed by atoms with E-state index in [9.17, 15) is 18.0 Å². The summed E-state index contributed by atoms with van der Waals surface area (Å²) in [5, 5.41) is 0. The van der Waals surface area contributed by atoms with Gasteiger partial charge in [0.15, 0.2) is 5.82 Å². The minimum absolute atomic E-state index is 0.0135. The van der Waals surface area contributed by atoms with Crippen molar-refractivity contribution < 1.29 is 22.7 Å². The van der Waals surface area contributed by atoms with E-state index in [2.05, 4.69) is 9.72 Å². The maximum Gasteiger partial charge on any atom is 0.311 e. The molecule has 1 aromatic rings. The number of hydrogen-bond acceptors (Lipinski definition) is 3. The van der Waals surface area contributed by atoms with Gasteiger partial charge in [-0.3, -0.25) is 9.78 Å². The Balaban J connectivity index is 3.13. The summed E-state index contributed by atoms with van der Waals surface area (Å²) in [6.45, 7) is 1.30. The smallest absolute Gasteiger partial charge is 0.311 e. The molecule has 1 rings (SSSR count). The zero-order valence-corrected chi connectivity index (χ0v) is 8.76. The summed E-state index contributed by atoms with van der Waals surface area (Å²) in [5.74, 6) is -1.68. The van der Waals surface area contributed by atoms with E-state index in [0.717, 1.165) is 0 Å². The van der Waals surface area contributed by atoms with Crippen LogP contribution in [0.4, 0.5) is 13.2 Å². The topological polar surface area (TPSA) is 39.2 Å². The van der Waals surface area contributed by atoms with Gasteiger partial charge in [-0.15, -0.1) is 0 Å². The molecule has 0 saturated heterocycles. The predicted octanol–water partition coefficient (Wildman–Crippen LogP) is 2.18. The molecule has 0 N–H and O–H groups in total. The molecule has 0 radical (unpaired) electrons. The van der Waals surface area contributed by atoms with Crippen LogP contribution in [0.1, 0.15) is 23.2 Å². The van der Waals surface area contributed by atoms with Crippen LogP contribution in [0.2, 0.25) is 0 Å². The predicted molar refractivity (Wildman–Crippen MR) is 49.6 cm³/mol. The monoisotopic (exact) mass is 233 g/mol. The Hall–Kier alpha value is -1.59. The Bertz CT molecular complexity index is 407. The minimum atomic E-state index is -2.93. The van der Waals surface area contributed by atoms with Gasteiger partial charge in [0.25, 0.3) is 6.43 Å². The highest BCUT2D eigenvalue weighted by Gasteiger charge is 2.20. The van der Waals surface area contributed by atoms with Gasteiger partial charge in [-0.25, -0.2) is 13.2 Å². The number of esters is 1. The van der Waals surface area contributed by atoms with Crippen molar-refractivity contribution in [2.75, 3.05) is 7.11 Å². The number of ether oxygens (including phenoxy) is 1. The molecule has 0 amide bonds. The van der Waals surface area contributed by atoms with Crippen molar-refractivity contribution in [3.05, 3.63) is 28.8 Å². The van der Waals surface area contributed by atoms with Crippen LogP contribution in [-0.4, -0.2) is 18.1 Å². The molecule has 16 heavy (non-hydrogen) atoms. The fraction of sp³-hybridized carbons (Fsp3) is 0.400. The van der Waals surface area contributed by atoms with E-state index in [-0.39, 0.29) is 17.7 Å². The molecule has 6 heteroatoms. The normalized spacial score (nSPS) is 10.6. The standard InChI is InChI=1S/C10H10F3NO2/c1-5-7(3-8(15)16-2)14-4-6(11)9(5)10(12)13/h4,10H,3H2,1-2H3. The number of alkyl halides is 2. The third kappa shape index (κ3) is 2.50. The number of hydrogen-bond donors (Lipinski definition) is 0. The molecule has 0 aromatic carbocycles. The van der Waals surface area contributed by atoms with Crippen molar-refractivity contribution in [3.63, 3.8) is 0 Å². The van der Waals surface area contributed by atoms with E-state index in [0.29, 0.717) is 6.20 Å². The van der Waals surface area contributed by atoms with Gasteiger partial charge >= 0.3 is 5.97 Å². The molecule has 0 aliphatic heterocycles. The third-order valence-electron chi connectivity index (χ3n) is 2.19. The second-order valence-electron chi connectivity index (χ2n) is 3.15. The number of carbonyl (C=O) groups is 1. The summed E-state index contributed by atoms with van der Waals surface area (Å²) in [6, 6.07) is 0. The van der Waals surface area contributed by atoms with Crippen molar-refractivity contribution in [1.29, 1.82) is 0 Å². The Kier molecular flexibility index (Phi) is 3.87. The maximum atomic E-state index is 13.0. The summed E-state index contributed by atoms with van der Waals surface area (Å²) in [6.07, 6.45) is -2.49. The van der Waals surface area contributed by atoms with E-state index < -0.39 is 23.8 Å². The van der Waals surface area contributed by atoms with Crippen molar-refractivity contribution in [1.82, 2.24) is 4.98 Å². The number of methoxy groups -OCH3 is 1. The molecule has 0 aliphatic carbocycles. The number of carbonyl (C=O) groups excluding carboxylic acids is 1. The molecular weight excluding hydrogens is 223 g/mol. The lowest BCUT2D eigenvalue weighted by atomic mass is 10.1. The van der Waals surface area contributed by atoms with Crippen LogP contribution in [0.5, 0.6) is 0 Å². The van der Waals surface area contributed by atoms with Gasteiger partial charge in [-0.05, 0) is 12.5 Å². The fourth-order valence-electron chi connectivity index (χ4n) is 1.29. The van der Waals surface area contributed by atoms with E-state index in [4.69, 9.17) is 0 Å². The first-order chi connectivity index (χ1) is 7.47. The van der Waals surface area contributed by atoms with Crippen molar-refractivity contribution >= 4 is 5.97 Å². The second kappa shape index (κ2) is 4.96. The summed E-state index contributed by atoms with van der Waals surface area (Å²) in [5.41, 5.74) is -0.627. The summed E-state index contributed by atoms with van der Waals surface area (Å²) in [7, 11) is 1.18. The van der Waals surface area contributed by atoms with E-state index >= 15 is 0 Å². The lowest BCUT2D eigenvalue weighted by molar-refractivity contribution is -0.139. The number of rotatable bonds is 3. The van der Waals surface area contributed by atoms with E-state index in [1.54, 1.807) is 0 Å². The van der Waals surface area contributed by atoms with Crippen LogP contribution in [0.15, 0.2) is 6.20 Å². The quantitative estimate of drug-likeness (QED) is 0.751. The Morgan fingerprint density at radius 2 is 2.19 bits per heavy atom. The van der Waals surface area contributed by atoms with Gasteiger partial charge in [0, 0.05) is 0 Å². The highest BCUT2D eigenvalue weighted by atomic mass is 19.3. The molecule has 1 aromatic heterocycles. The Morgan fingerprint density at radius 1 is 1.56 bits per heavy atom. The number of halogens is 3. The van der Waals surface area contributed by atoms with Crippen LogP contribution in [0, 0.1) is 12.7 Å². The van der Waals surface area contributed by atoms with E-state index in [1.165, 1.54) is 14.0 Å². The van der Waals surface area contributed by atoms with Crippen LogP contribution in [0.25, 0.3) is 0 Å². The lowest BCUT2D eigenvalue weighted by Crippen LogP contribution is -2.10. The molecule has 1 heterocycles. The number of aromatic nitrogens is 1. The molecule has 0 unspecified atom stereocenters. The van der Waals surface area contributed by atoms with E-state index in [1.807, 2.05) is 0 Å². The molecule has 0 bridgehead atoms. The first-order valence-corrected chi connectivity index (χ1v) is 4.46. The van der Waals surface area contributed by atoms with Gasteiger partial charge < -0.3 is 4.74 Å². The maximum absolute atomic E-state index is 13.0. The lowest BCUT2D eigenvalue weighted by Gasteiger charge is -2.09. The highest BCUT2D eigenvalue weighted by Crippen LogP contribution is 2.26. The average molecular weight is 233 g/mol. The van der Waals surface area contributed by atoms with Crippen molar-refractivity contribution in [3.8, 4) is 0 Å². The molecule has 0 atom stereocenters. The SMILES string of the molecule is COC(=O)Cc1ncc(F)c(C(F)F)c1C.